The van der Waals surface area contributed by atoms with E-state index in [9.17, 15) is 0 Å². The third-order valence-electron chi connectivity index (χ3n) is 2.81. The minimum atomic E-state index is 0.0910. The summed E-state index contributed by atoms with van der Waals surface area (Å²) in [6.07, 6.45) is 3.06. The van der Waals surface area contributed by atoms with Gasteiger partial charge in [-0.2, -0.15) is 4.98 Å². The first kappa shape index (κ1) is 13.2. The van der Waals surface area contributed by atoms with E-state index >= 15 is 0 Å². The Morgan fingerprint density at radius 2 is 2.00 bits per heavy atom. The molecule has 2 heterocycles. The number of rotatable bonds is 5. The van der Waals surface area contributed by atoms with E-state index in [1.165, 1.54) is 6.33 Å². The Kier molecular flexibility index (Phi) is 3.83. The van der Waals surface area contributed by atoms with Crippen LogP contribution < -0.4 is 5.32 Å². The van der Waals surface area contributed by atoms with Crippen LogP contribution >= 0.6 is 0 Å². The van der Waals surface area contributed by atoms with Crippen molar-refractivity contribution in [2.75, 3.05) is 18.5 Å². The number of aliphatic hydroxyl groups is 1. The van der Waals surface area contributed by atoms with E-state index in [0.29, 0.717) is 24.0 Å². The summed E-state index contributed by atoms with van der Waals surface area (Å²) in [6, 6.07) is 9.24. The molecule has 0 bridgehead atoms. The van der Waals surface area contributed by atoms with Gasteiger partial charge in [0.25, 0.3) is 5.89 Å². The smallest absolute Gasteiger partial charge is 0.258 e. The number of hydrogen-bond donors (Lipinski definition) is 2. The van der Waals surface area contributed by atoms with Gasteiger partial charge in [0.2, 0.25) is 5.82 Å². The van der Waals surface area contributed by atoms with Crippen LogP contribution in [0, 0.1) is 0 Å². The van der Waals surface area contributed by atoms with Crippen LogP contribution in [0.2, 0.25) is 0 Å². The van der Waals surface area contributed by atoms with Gasteiger partial charge >= 0.3 is 0 Å². The van der Waals surface area contributed by atoms with Crippen molar-refractivity contribution in [1.82, 2.24) is 20.1 Å². The first-order valence-corrected chi connectivity index (χ1v) is 6.42. The highest BCUT2D eigenvalue weighted by Gasteiger charge is 2.11. The molecule has 7 nitrogen and oxygen atoms in total. The second kappa shape index (κ2) is 6.10. The zero-order valence-corrected chi connectivity index (χ0v) is 11.1. The van der Waals surface area contributed by atoms with Gasteiger partial charge in [-0.3, -0.25) is 0 Å². The number of benzene rings is 1. The molecule has 0 aliphatic heterocycles. The molecule has 2 aromatic heterocycles. The molecule has 1 aromatic carbocycles. The van der Waals surface area contributed by atoms with Crippen molar-refractivity contribution >= 4 is 5.69 Å². The topological polar surface area (TPSA) is 97.0 Å². The lowest BCUT2D eigenvalue weighted by Gasteiger charge is -2.03. The molecule has 3 aromatic rings. The molecular formula is C14H13N5O2. The third kappa shape index (κ3) is 3.03. The Morgan fingerprint density at radius 3 is 2.71 bits per heavy atom. The molecule has 0 fully saturated rings. The van der Waals surface area contributed by atoms with Gasteiger partial charge in [-0.1, -0.05) is 5.16 Å². The summed E-state index contributed by atoms with van der Waals surface area (Å²) in [6.45, 7) is 0.603. The number of anilines is 1. The van der Waals surface area contributed by atoms with Gasteiger partial charge in [0, 0.05) is 24.0 Å². The number of aromatic nitrogens is 4. The van der Waals surface area contributed by atoms with Gasteiger partial charge < -0.3 is 14.9 Å². The van der Waals surface area contributed by atoms with E-state index in [4.69, 9.17) is 9.63 Å². The summed E-state index contributed by atoms with van der Waals surface area (Å²) in [7, 11) is 0. The maximum absolute atomic E-state index is 8.77. The van der Waals surface area contributed by atoms with Crippen molar-refractivity contribution in [3.8, 4) is 23.0 Å². The predicted molar refractivity (Wildman–Crippen MR) is 76.3 cm³/mol. The molecule has 7 heteroatoms. The van der Waals surface area contributed by atoms with Crippen LogP contribution in [0.25, 0.3) is 23.0 Å². The van der Waals surface area contributed by atoms with E-state index in [0.717, 1.165) is 11.3 Å². The molecule has 3 rings (SSSR count). The lowest BCUT2D eigenvalue weighted by atomic mass is 10.2. The fourth-order valence-corrected chi connectivity index (χ4v) is 1.80. The Labute approximate surface area is 120 Å². The fraction of sp³-hybridized carbons (Fsp3) is 0.143. The molecule has 106 valence electrons. The minimum Gasteiger partial charge on any atom is -0.395 e. The average Bonchev–Trinajstić information content (AvgIpc) is 3.04. The summed E-state index contributed by atoms with van der Waals surface area (Å²) in [5, 5.41) is 15.7. The molecule has 0 radical (unpaired) electrons. The van der Waals surface area contributed by atoms with Gasteiger partial charge in [-0.05, 0) is 30.3 Å². The normalized spacial score (nSPS) is 10.5. The van der Waals surface area contributed by atoms with Crippen LogP contribution in [0.1, 0.15) is 0 Å². The second-order valence-electron chi connectivity index (χ2n) is 4.25. The molecule has 21 heavy (non-hydrogen) atoms. The number of hydrogen-bond acceptors (Lipinski definition) is 7. The first-order valence-electron chi connectivity index (χ1n) is 6.42. The van der Waals surface area contributed by atoms with Crippen molar-refractivity contribution in [3.63, 3.8) is 0 Å². The summed E-state index contributed by atoms with van der Waals surface area (Å²) < 4.78 is 5.24. The SMILES string of the molecule is OCCNc1ccc(-c2nc(-c3ccncn3)no2)cc1. The van der Waals surface area contributed by atoms with Crippen molar-refractivity contribution < 1.29 is 9.63 Å². The van der Waals surface area contributed by atoms with Crippen LogP contribution in [0.15, 0.2) is 47.4 Å². The van der Waals surface area contributed by atoms with Crippen LogP contribution in [-0.4, -0.2) is 38.4 Å². The summed E-state index contributed by atoms with van der Waals surface area (Å²) in [5.41, 5.74) is 2.35. The summed E-state index contributed by atoms with van der Waals surface area (Å²) >= 11 is 0. The molecule has 0 saturated carbocycles. The van der Waals surface area contributed by atoms with Gasteiger partial charge in [0.05, 0.1) is 6.61 Å². The van der Waals surface area contributed by atoms with Crippen molar-refractivity contribution in [3.05, 3.63) is 42.9 Å². The molecular weight excluding hydrogens is 270 g/mol. The Bertz CT molecular complexity index is 697. The zero-order valence-electron chi connectivity index (χ0n) is 11.1. The quantitative estimate of drug-likeness (QED) is 0.734. The van der Waals surface area contributed by atoms with Gasteiger partial charge in [-0.25, -0.2) is 9.97 Å². The van der Waals surface area contributed by atoms with Gasteiger partial charge in [-0.15, -0.1) is 0 Å². The lowest BCUT2D eigenvalue weighted by molar-refractivity contribution is 0.311. The Balaban J connectivity index is 1.80. The monoisotopic (exact) mass is 283 g/mol. The van der Waals surface area contributed by atoms with Crippen LogP contribution in [-0.2, 0) is 0 Å². The van der Waals surface area contributed by atoms with Gasteiger partial charge in [0.15, 0.2) is 0 Å². The van der Waals surface area contributed by atoms with E-state index in [1.807, 2.05) is 24.3 Å². The molecule has 0 spiro atoms. The van der Waals surface area contributed by atoms with E-state index in [2.05, 4.69) is 25.4 Å². The Morgan fingerprint density at radius 1 is 1.14 bits per heavy atom. The summed E-state index contributed by atoms with van der Waals surface area (Å²) in [4.78, 5) is 12.2. The highest BCUT2D eigenvalue weighted by Crippen LogP contribution is 2.22. The second-order valence-corrected chi connectivity index (χ2v) is 4.25. The highest BCUT2D eigenvalue weighted by atomic mass is 16.5. The molecule has 0 saturated heterocycles. The third-order valence-corrected chi connectivity index (χ3v) is 2.81. The fourth-order valence-electron chi connectivity index (χ4n) is 1.80. The van der Waals surface area contributed by atoms with Crippen LogP contribution in [0.4, 0.5) is 5.69 Å². The standard InChI is InChI=1S/C14H13N5O2/c20-8-7-16-11-3-1-10(2-4-11)14-18-13(19-21-14)12-5-6-15-9-17-12/h1-6,9,16,20H,7-8H2. The zero-order chi connectivity index (χ0) is 14.5. The first-order chi connectivity index (χ1) is 10.4. The molecule has 0 aliphatic carbocycles. The van der Waals surface area contributed by atoms with Gasteiger partial charge in [0.1, 0.15) is 12.0 Å². The molecule has 2 N–H and O–H groups in total. The number of nitrogens with zero attached hydrogens (tertiary/aromatic N) is 4. The maximum atomic E-state index is 8.77. The largest absolute Gasteiger partial charge is 0.395 e. The average molecular weight is 283 g/mol. The Hall–Kier alpha value is -2.80. The van der Waals surface area contributed by atoms with E-state index in [1.54, 1.807) is 12.3 Å². The maximum Gasteiger partial charge on any atom is 0.258 e. The van der Waals surface area contributed by atoms with Crippen molar-refractivity contribution in [2.24, 2.45) is 0 Å². The number of aliphatic hydroxyl groups excluding tert-OH is 1. The summed E-state index contributed by atoms with van der Waals surface area (Å²) in [5.74, 6) is 0.854. The molecule has 0 aliphatic rings. The van der Waals surface area contributed by atoms with Crippen molar-refractivity contribution in [2.45, 2.75) is 0 Å². The highest BCUT2D eigenvalue weighted by molar-refractivity contribution is 5.60. The number of nitrogens with one attached hydrogen (secondary N) is 1. The lowest BCUT2D eigenvalue weighted by Crippen LogP contribution is -2.04. The minimum absolute atomic E-state index is 0.0910. The van der Waals surface area contributed by atoms with E-state index in [-0.39, 0.29) is 6.61 Å². The van der Waals surface area contributed by atoms with Crippen LogP contribution in [0.3, 0.4) is 0 Å². The molecule has 0 atom stereocenters. The van der Waals surface area contributed by atoms with Crippen LogP contribution in [0.5, 0.6) is 0 Å². The van der Waals surface area contributed by atoms with E-state index < -0.39 is 0 Å². The molecule has 0 unspecified atom stereocenters. The molecule has 0 amide bonds. The van der Waals surface area contributed by atoms with Crippen molar-refractivity contribution in [1.29, 1.82) is 0 Å². The predicted octanol–water partition coefficient (Wildman–Crippen LogP) is 1.60.